The van der Waals surface area contributed by atoms with Crippen LogP contribution >= 0.6 is 0 Å². The van der Waals surface area contributed by atoms with Crippen molar-refractivity contribution in [1.82, 2.24) is 15.3 Å². The van der Waals surface area contributed by atoms with E-state index < -0.39 is 39.1 Å². The molecule has 2 aromatic rings. The topological polar surface area (TPSA) is 163 Å². The molecule has 1 aliphatic carbocycles. The highest BCUT2D eigenvalue weighted by atomic mass is 32.2. The molecule has 37 heavy (non-hydrogen) atoms. The summed E-state index contributed by atoms with van der Waals surface area (Å²) in [5.41, 5.74) is 1.42. The van der Waals surface area contributed by atoms with Gasteiger partial charge in [-0.15, -0.1) is 0 Å². The van der Waals surface area contributed by atoms with Gasteiger partial charge in [0.1, 0.15) is 11.3 Å². The van der Waals surface area contributed by atoms with Crippen LogP contribution in [0.2, 0.25) is 0 Å². The van der Waals surface area contributed by atoms with E-state index in [0.717, 1.165) is 43.7 Å². The van der Waals surface area contributed by atoms with Crippen molar-refractivity contribution in [3.8, 4) is 0 Å². The highest BCUT2D eigenvalue weighted by molar-refractivity contribution is 7.93. The van der Waals surface area contributed by atoms with Crippen LogP contribution in [0.1, 0.15) is 48.8 Å². The number of hydrogen-bond acceptors (Lipinski definition) is 8. The van der Waals surface area contributed by atoms with Crippen molar-refractivity contribution in [3.05, 3.63) is 41.2 Å². The molecule has 0 saturated heterocycles. The van der Waals surface area contributed by atoms with Gasteiger partial charge < -0.3 is 25.6 Å². The standard InChI is InChI=1S/C25H33N5O6S/c1-15-10-16(2)21(17(3)11-15)37(34,35)20(23(32)33)14-28-22(31)19-12-25(36-30-19)6-4-18(5-7-25)13-29-24-26-8-9-27-24/h8-11,18,20H,4-7,12-14H2,1-3H3,(H,28,31)(H,32,33)(H2,26,27,29)/t18?,20-,25?/m0/s1. The lowest BCUT2D eigenvalue weighted by Gasteiger charge is -2.34. The highest BCUT2D eigenvalue weighted by Gasteiger charge is 2.44. The molecule has 0 bridgehead atoms. The van der Waals surface area contributed by atoms with Gasteiger partial charge in [-0.2, -0.15) is 0 Å². The number of carboxylic acid groups (broad SMARTS) is 1. The number of benzene rings is 1. The van der Waals surface area contributed by atoms with Crippen LogP contribution in [0.5, 0.6) is 0 Å². The van der Waals surface area contributed by atoms with Gasteiger partial charge in [0.2, 0.25) is 0 Å². The van der Waals surface area contributed by atoms with Crippen LogP contribution in [-0.4, -0.2) is 65.0 Å². The maximum absolute atomic E-state index is 13.3. The molecule has 1 amide bonds. The Balaban J connectivity index is 1.33. The average molecular weight is 532 g/mol. The van der Waals surface area contributed by atoms with Crippen LogP contribution in [0.25, 0.3) is 0 Å². The fourth-order valence-electron chi connectivity index (χ4n) is 5.30. The first-order valence-corrected chi connectivity index (χ1v) is 13.9. The molecule has 12 heteroatoms. The summed E-state index contributed by atoms with van der Waals surface area (Å²) in [5, 5.41) is 17.6. The van der Waals surface area contributed by atoms with Gasteiger partial charge >= 0.3 is 5.97 Å². The molecule has 0 radical (unpaired) electrons. The van der Waals surface area contributed by atoms with Gasteiger partial charge in [-0.25, -0.2) is 13.4 Å². The number of aromatic amines is 1. The van der Waals surface area contributed by atoms with Gasteiger partial charge in [0, 0.05) is 31.9 Å². The van der Waals surface area contributed by atoms with E-state index in [-0.39, 0.29) is 10.6 Å². The zero-order valence-electron chi connectivity index (χ0n) is 21.2. The molecule has 0 unspecified atom stereocenters. The molecule has 1 aromatic carbocycles. The van der Waals surface area contributed by atoms with E-state index >= 15 is 0 Å². The fourth-order valence-corrected chi connectivity index (χ4v) is 7.17. The molecule has 1 atom stereocenters. The van der Waals surface area contributed by atoms with E-state index in [1.807, 2.05) is 6.92 Å². The van der Waals surface area contributed by atoms with Crippen LogP contribution in [0.15, 0.2) is 34.6 Å². The Bertz CT molecular complexity index is 1270. The van der Waals surface area contributed by atoms with Gasteiger partial charge in [0.05, 0.1) is 4.90 Å². The summed E-state index contributed by atoms with van der Waals surface area (Å²) >= 11 is 0. The number of hydrogen-bond donors (Lipinski definition) is 4. The average Bonchev–Trinajstić information content (AvgIpc) is 3.48. The predicted octanol–water partition coefficient (Wildman–Crippen LogP) is 2.50. The smallest absolute Gasteiger partial charge is 0.324 e. The first kappa shape index (κ1) is 26.6. The zero-order valence-corrected chi connectivity index (χ0v) is 22.0. The van der Waals surface area contributed by atoms with Crippen molar-refractivity contribution in [1.29, 1.82) is 0 Å². The molecule has 1 spiro atoms. The number of sulfone groups is 1. The molecule has 200 valence electrons. The van der Waals surface area contributed by atoms with E-state index in [2.05, 4.69) is 25.8 Å². The quantitative estimate of drug-likeness (QED) is 0.383. The first-order chi connectivity index (χ1) is 17.5. The second-order valence-corrected chi connectivity index (χ2v) is 12.1. The molecular formula is C25H33N5O6S. The third-order valence-corrected chi connectivity index (χ3v) is 9.49. The van der Waals surface area contributed by atoms with Crippen LogP contribution in [0.3, 0.4) is 0 Å². The molecule has 2 heterocycles. The Morgan fingerprint density at radius 3 is 2.49 bits per heavy atom. The molecular weight excluding hydrogens is 498 g/mol. The number of nitrogens with one attached hydrogen (secondary N) is 3. The number of rotatable bonds is 9. The number of oxime groups is 1. The van der Waals surface area contributed by atoms with Crippen LogP contribution in [0, 0.1) is 26.7 Å². The maximum Gasteiger partial charge on any atom is 0.324 e. The molecule has 2 aliphatic rings. The number of aliphatic carboxylic acids is 1. The minimum absolute atomic E-state index is 0.0152. The Labute approximate surface area is 216 Å². The Morgan fingerprint density at radius 2 is 1.89 bits per heavy atom. The van der Waals surface area contributed by atoms with Gasteiger partial charge in [-0.1, -0.05) is 22.9 Å². The summed E-state index contributed by atoms with van der Waals surface area (Å²) in [5.74, 6) is -0.971. The van der Waals surface area contributed by atoms with Gasteiger partial charge in [0.15, 0.2) is 21.0 Å². The Kier molecular flexibility index (Phi) is 7.58. The lowest BCUT2D eigenvalue weighted by molar-refractivity contribution is -0.136. The second kappa shape index (κ2) is 10.5. The number of anilines is 1. The lowest BCUT2D eigenvalue weighted by Crippen LogP contribution is -2.44. The van der Waals surface area contributed by atoms with Crippen molar-refractivity contribution in [3.63, 3.8) is 0 Å². The number of aryl methyl sites for hydroxylation is 3. The number of imidazole rings is 1. The van der Waals surface area contributed by atoms with Crippen molar-refractivity contribution in [2.24, 2.45) is 11.1 Å². The third kappa shape index (κ3) is 5.79. The SMILES string of the molecule is Cc1cc(C)c(S(=O)(=O)[C@@H](CNC(=O)C2=NOC3(CCC(CNc4ncc[nH]4)CC3)C2)C(=O)O)c(C)c1. The van der Waals surface area contributed by atoms with E-state index in [4.69, 9.17) is 4.84 Å². The zero-order chi connectivity index (χ0) is 26.8. The minimum Gasteiger partial charge on any atom is -0.480 e. The third-order valence-electron chi connectivity index (χ3n) is 7.16. The monoisotopic (exact) mass is 531 g/mol. The Morgan fingerprint density at radius 1 is 1.22 bits per heavy atom. The number of aromatic nitrogens is 2. The van der Waals surface area contributed by atoms with Crippen molar-refractivity contribution < 1.29 is 28.0 Å². The molecule has 1 saturated carbocycles. The van der Waals surface area contributed by atoms with E-state index in [9.17, 15) is 23.1 Å². The fraction of sp³-hybridized carbons (Fsp3) is 0.520. The second-order valence-electron chi connectivity index (χ2n) is 10.1. The summed E-state index contributed by atoms with van der Waals surface area (Å²) in [7, 11) is -4.25. The lowest BCUT2D eigenvalue weighted by atomic mass is 9.76. The Hall–Kier alpha value is -3.41. The summed E-state index contributed by atoms with van der Waals surface area (Å²) < 4.78 is 26.5. The van der Waals surface area contributed by atoms with Gasteiger partial charge in [0.25, 0.3) is 5.91 Å². The number of H-pyrrole nitrogens is 1. The number of carbonyl (C=O) groups is 2. The largest absolute Gasteiger partial charge is 0.480 e. The van der Waals surface area contributed by atoms with Crippen LogP contribution < -0.4 is 10.6 Å². The molecule has 1 fully saturated rings. The van der Waals surface area contributed by atoms with Gasteiger partial charge in [-0.3, -0.25) is 9.59 Å². The normalized spacial score (nSPS) is 22.2. The molecule has 4 N–H and O–H groups in total. The van der Waals surface area contributed by atoms with E-state index in [0.29, 0.717) is 23.5 Å². The number of nitrogens with zero attached hydrogens (tertiary/aromatic N) is 2. The number of carboxylic acids is 1. The number of carbonyl (C=O) groups excluding carboxylic acids is 1. The maximum atomic E-state index is 13.3. The van der Waals surface area contributed by atoms with Crippen molar-refractivity contribution in [2.45, 2.75) is 68.6 Å². The van der Waals surface area contributed by atoms with Crippen molar-refractivity contribution >= 4 is 33.4 Å². The molecule has 1 aliphatic heterocycles. The molecule has 4 rings (SSSR count). The summed E-state index contributed by atoms with van der Waals surface area (Å²) in [6.07, 6.45) is 7.00. The first-order valence-electron chi connectivity index (χ1n) is 12.3. The summed E-state index contributed by atoms with van der Waals surface area (Å²) in [4.78, 5) is 37.6. The van der Waals surface area contributed by atoms with Crippen LogP contribution in [0.4, 0.5) is 5.95 Å². The predicted molar refractivity (Wildman–Crippen MR) is 137 cm³/mol. The molecule has 11 nitrogen and oxygen atoms in total. The van der Waals surface area contributed by atoms with E-state index in [1.165, 1.54) is 0 Å². The van der Waals surface area contributed by atoms with Crippen LogP contribution in [-0.2, 0) is 24.3 Å². The highest BCUT2D eigenvalue weighted by Crippen LogP contribution is 2.40. The summed E-state index contributed by atoms with van der Waals surface area (Å²) in [6, 6.07) is 3.40. The van der Waals surface area contributed by atoms with Gasteiger partial charge in [-0.05, 0) is 63.5 Å². The number of amides is 1. The summed E-state index contributed by atoms with van der Waals surface area (Å²) in [6.45, 7) is 5.32. The minimum atomic E-state index is -4.25. The van der Waals surface area contributed by atoms with E-state index in [1.54, 1.807) is 38.4 Å². The van der Waals surface area contributed by atoms with Crippen molar-refractivity contribution in [2.75, 3.05) is 18.4 Å². The molecule has 1 aromatic heterocycles.